The molecule has 1 aromatic carbocycles. The van der Waals surface area contributed by atoms with Crippen molar-refractivity contribution >= 4 is 21.7 Å². The van der Waals surface area contributed by atoms with E-state index in [1.54, 1.807) is 16.8 Å². The Morgan fingerprint density at radius 3 is 2.75 bits per heavy atom. The second-order valence-electron chi connectivity index (χ2n) is 4.49. The molecule has 0 fully saturated rings. The third-order valence-corrected chi connectivity index (χ3v) is 3.82. The van der Waals surface area contributed by atoms with Gasteiger partial charge in [-0.3, -0.25) is 9.48 Å². The third kappa shape index (κ3) is 2.98. The van der Waals surface area contributed by atoms with Crippen LogP contribution in [0.3, 0.4) is 0 Å². The summed E-state index contributed by atoms with van der Waals surface area (Å²) in [4.78, 5) is 12.3. The fraction of sp³-hybridized carbons (Fsp3) is 0.333. The lowest BCUT2D eigenvalue weighted by atomic mass is 10.1. The first kappa shape index (κ1) is 14.9. The molecule has 0 spiro atoms. The number of aryl methyl sites for hydroxylation is 2. The first-order chi connectivity index (χ1) is 9.56. The highest BCUT2D eigenvalue weighted by molar-refractivity contribution is 9.10. The number of rotatable bonds is 5. The van der Waals surface area contributed by atoms with Gasteiger partial charge in [0.15, 0.2) is 5.78 Å². The zero-order valence-corrected chi connectivity index (χ0v) is 13.1. The predicted octanol–water partition coefficient (Wildman–Crippen LogP) is 3.79. The van der Waals surface area contributed by atoms with Crippen LogP contribution in [0.5, 0.6) is 0 Å². The van der Waals surface area contributed by atoms with Crippen LogP contribution in [0.4, 0.5) is 4.39 Å². The van der Waals surface area contributed by atoms with Crippen LogP contribution in [0, 0.1) is 5.82 Å². The Balaban J connectivity index is 2.30. The van der Waals surface area contributed by atoms with Crippen molar-refractivity contribution in [3.63, 3.8) is 0 Å². The molecule has 0 unspecified atom stereocenters. The number of carbonyl (C=O) groups is 1. The van der Waals surface area contributed by atoms with Crippen LogP contribution < -0.4 is 0 Å². The standard InChI is InChI=1S/C15H16BrFN2O/c1-3-10-8-11(19(4-2)18-10)9-14(20)15-12(16)6-5-7-13(15)17/h5-8H,3-4,9H2,1-2H3. The van der Waals surface area contributed by atoms with Gasteiger partial charge in [-0.05, 0) is 47.5 Å². The Bertz CT molecular complexity index is 617. The lowest BCUT2D eigenvalue weighted by Crippen LogP contribution is -2.11. The molecule has 0 bridgehead atoms. The van der Waals surface area contributed by atoms with Crippen LogP contribution in [0.15, 0.2) is 28.7 Å². The Morgan fingerprint density at radius 1 is 1.40 bits per heavy atom. The normalized spacial score (nSPS) is 10.8. The van der Waals surface area contributed by atoms with Gasteiger partial charge in [-0.2, -0.15) is 5.10 Å². The summed E-state index contributed by atoms with van der Waals surface area (Å²) in [6.07, 6.45) is 0.970. The monoisotopic (exact) mass is 338 g/mol. The summed E-state index contributed by atoms with van der Waals surface area (Å²) in [6, 6.07) is 6.45. The second-order valence-corrected chi connectivity index (χ2v) is 5.35. The zero-order valence-electron chi connectivity index (χ0n) is 11.5. The molecule has 0 amide bonds. The van der Waals surface area contributed by atoms with Crippen molar-refractivity contribution in [1.29, 1.82) is 0 Å². The number of hydrogen-bond acceptors (Lipinski definition) is 2. The Kier molecular flexibility index (Phi) is 4.70. The van der Waals surface area contributed by atoms with E-state index in [1.807, 2.05) is 19.9 Å². The number of halogens is 2. The molecule has 106 valence electrons. The van der Waals surface area contributed by atoms with Gasteiger partial charge in [0.1, 0.15) is 5.82 Å². The molecule has 0 aliphatic heterocycles. The highest BCUT2D eigenvalue weighted by atomic mass is 79.9. The smallest absolute Gasteiger partial charge is 0.172 e. The van der Waals surface area contributed by atoms with Crippen molar-refractivity contribution < 1.29 is 9.18 Å². The van der Waals surface area contributed by atoms with Gasteiger partial charge in [-0.15, -0.1) is 0 Å². The molecule has 20 heavy (non-hydrogen) atoms. The van der Waals surface area contributed by atoms with Crippen LogP contribution in [0.2, 0.25) is 0 Å². The topological polar surface area (TPSA) is 34.9 Å². The SMILES string of the molecule is CCc1cc(CC(=O)c2c(F)cccc2Br)n(CC)n1. The average Bonchev–Trinajstić information content (AvgIpc) is 2.80. The predicted molar refractivity (Wildman–Crippen MR) is 79.4 cm³/mol. The summed E-state index contributed by atoms with van der Waals surface area (Å²) in [5, 5.41) is 4.40. The number of Topliss-reactive ketones (excluding diaryl/α,β-unsaturated/α-hetero) is 1. The minimum Gasteiger partial charge on any atom is -0.294 e. The van der Waals surface area contributed by atoms with Crippen molar-refractivity contribution in [2.45, 2.75) is 33.2 Å². The first-order valence-electron chi connectivity index (χ1n) is 6.59. The van der Waals surface area contributed by atoms with Crippen LogP contribution in [0.25, 0.3) is 0 Å². The van der Waals surface area contributed by atoms with Gasteiger partial charge in [-0.1, -0.05) is 13.0 Å². The number of aromatic nitrogens is 2. The lowest BCUT2D eigenvalue weighted by molar-refractivity contribution is 0.0986. The molecular weight excluding hydrogens is 323 g/mol. The van der Waals surface area contributed by atoms with E-state index >= 15 is 0 Å². The maximum atomic E-state index is 13.8. The van der Waals surface area contributed by atoms with E-state index in [4.69, 9.17) is 0 Å². The van der Waals surface area contributed by atoms with Gasteiger partial charge in [0.2, 0.25) is 0 Å². The maximum Gasteiger partial charge on any atom is 0.172 e. The lowest BCUT2D eigenvalue weighted by Gasteiger charge is -2.06. The maximum absolute atomic E-state index is 13.8. The van der Waals surface area contributed by atoms with Crippen LogP contribution in [0.1, 0.15) is 35.6 Å². The molecule has 0 atom stereocenters. The summed E-state index contributed by atoms with van der Waals surface area (Å²) in [7, 11) is 0. The van der Waals surface area contributed by atoms with Gasteiger partial charge in [0, 0.05) is 16.7 Å². The minimum atomic E-state index is -0.498. The molecule has 2 aromatic rings. The summed E-state index contributed by atoms with van der Waals surface area (Å²) in [5.74, 6) is -0.741. The first-order valence-corrected chi connectivity index (χ1v) is 7.38. The van der Waals surface area contributed by atoms with Gasteiger partial charge >= 0.3 is 0 Å². The van der Waals surface area contributed by atoms with Gasteiger partial charge in [0.25, 0.3) is 0 Å². The fourth-order valence-electron chi connectivity index (χ4n) is 2.12. The van der Waals surface area contributed by atoms with E-state index in [0.717, 1.165) is 17.8 Å². The van der Waals surface area contributed by atoms with E-state index < -0.39 is 5.82 Å². The molecule has 3 nitrogen and oxygen atoms in total. The summed E-state index contributed by atoms with van der Waals surface area (Å²) in [6.45, 7) is 4.68. The van der Waals surface area contributed by atoms with Crippen molar-refractivity contribution in [3.8, 4) is 0 Å². The summed E-state index contributed by atoms with van der Waals surface area (Å²) in [5.41, 5.74) is 1.88. The average molecular weight is 339 g/mol. The van der Waals surface area contributed by atoms with E-state index in [1.165, 1.54) is 6.07 Å². The van der Waals surface area contributed by atoms with Gasteiger partial charge in [0.05, 0.1) is 17.7 Å². The van der Waals surface area contributed by atoms with Crippen molar-refractivity contribution in [2.24, 2.45) is 0 Å². The molecule has 5 heteroatoms. The molecular formula is C15H16BrFN2O. The van der Waals surface area contributed by atoms with Crippen molar-refractivity contribution in [1.82, 2.24) is 9.78 Å². The van der Waals surface area contributed by atoms with Crippen molar-refractivity contribution in [3.05, 3.63) is 51.5 Å². The van der Waals surface area contributed by atoms with E-state index in [0.29, 0.717) is 11.0 Å². The van der Waals surface area contributed by atoms with Gasteiger partial charge in [-0.25, -0.2) is 4.39 Å². The Hall–Kier alpha value is -1.49. The number of hydrogen-bond donors (Lipinski definition) is 0. The van der Waals surface area contributed by atoms with Crippen LogP contribution >= 0.6 is 15.9 Å². The molecule has 0 radical (unpaired) electrons. The molecule has 2 rings (SSSR count). The number of carbonyl (C=O) groups excluding carboxylic acids is 1. The Morgan fingerprint density at radius 2 is 2.15 bits per heavy atom. The number of ketones is 1. The third-order valence-electron chi connectivity index (χ3n) is 3.16. The minimum absolute atomic E-state index is 0.106. The molecule has 0 saturated carbocycles. The molecule has 1 aromatic heterocycles. The van der Waals surface area contributed by atoms with Gasteiger partial charge < -0.3 is 0 Å². The summed E-state index contributed by atoms with van der Waals surface area (Å²) >= 11 is 3.23. The molecule has 0 N–H and O–H groups in total. The van der Waals surface area contributed by atoms with Crippen molar-refractivity contribution in [2.75, 3.05) is 0 Å². The van der Waals surface area contributed by atoms with E-state index in [-0.39, 0.29) is 17.8 Å². The number of benzene rings is 1. The van der Waals surface area contributed by atoms with E-state index in [2.05, 4.69) is 21.0 Å². The molecule has 1 heterocycles. The summed E-state index contributed by atoms with van der Waals surface area (Å²) < 4.78 is 16.1. The second kappa shape index (κ2) is 6.31. The Labute approximate surface area is 125 Å². The zero-order chi connectivity index (χ0) is 14.7. The molecule has 0 aliphatic rings. The highest BCUT2D eigenvalue weighted by Gasteiger charge is 2.18. The highest BCUT2D eigenvalue weighted by Crippen LogP contribution is 2.22. The quantitative estimate of drug-likeness (QED) is 0.777. The fourth-order valence-corrected chi connectivity index (χ4v) is 2.68. The van der Waals surface area contributed by atoms with E-state index in [9.17, 15) is 9.18 Å². The molecule has 0 saturated heterocycles. The number of nitrogens with zero attached hydrogens (tertiary/aromatic N) is 2. The molecule has 0 aliphatic carbocycles. The van der Waals surface area contributed by atoms with Crippen LogP contribution in [-0.4, -0.2) is 15.6 Å². The largest absolute Gasteiger partial charge is 0.294 e. The van der Waals surface area contributed by atoms with Crippen LogP contribution in [-0.2, 0) is 19.4 Å².